The predicted molar refractivity (Wildman–Crippen MR) is 111 cm³/mol. The molecule has 4 aromatic rings. The van der Waals surface area contributed by atoms with Crippen LogP contribution in [0.2, 0.25) is 0 Å². The number of imidazole rings is 1. The number of nitrogens with zero attached hydrogens (tertiary/aromatic N) is 3. The van der Waals surface area contributed by atoms with Crippen molar-refractivity contribution < 1.29 is 18.0 Å². The van der Waals surface area contributed by atoms with E-state index in [0.717, 1.165) is 24.7 Å². The second kappa shape index (κ2) is 7.23. The second-order valence-corrected chi connectivity index (χ2v) is 7.40. The minimum absolute atomic E-state index is 0.0624. The molecule has 0 fully saturated rings. The fraction of sp³-hybridized carbons (Fsp3) is 0.174. The Labute approximate surface area is 175 Å². The summed E-state index contributed by atoms with van der Waals surface area (Å²) in [5, 5.41) is 2.64. The molecule has 0 atom stereocenters. The van der Waals surface area contributed by atoms with E-state index in [1.54, 1.807) is 42.5 Å². The van der Waals surface area contributed by atoms with Gasteiger partial charge in [0, 0.05) is 24.1 Å². The van der Waals surface area contributed by atoms with Crippen molar-refractivity contribution in [1.82, 2.24) is 14.5 Å². The highest BCUT2D eigenvalue weighted by Crippen LogP contribution is 2.40. The Hall–Kier alpha value is -3.68. The van der Waals surface area contributed by atoms with Crippen molar-refractivity contribution in [3.63, 3.8) is 0 Å². The summed E-state index contributed by atoms with van der Waals surface area (Å²) in [5.41, 5.74) is 0.712. The molecule has 0 spiro atoms. The number of hydrogen-bond acceptors (Lipinski definition) is 3. The van der Waals surface area contributed by atoms with Gasteiger partial charge >= 0.3 is 6.18 Å². The Morgan fingerprint density at radius 2 is 1.81 bits per heavy atom. The lowest BCUT2D eigenvalue weighted by molar-refractivity contribution is -0.137. The van der Waals surface area contributed by atoms with Crippen molar-refractivity contribution in [2.75, 3.05) is 5.32 Å². The summed E-state index contributed by atoms with van der Waals surface area (Å²) in [6, 6.07) is 15.7. The maximum Gasteiger partial charge on any atom is 0.417 e. The van der Waals surface area contributed by atoms with Gasteiger partial charge in [-0.15, -0.1) is 0 Å². The van der Waals surface area contributed by atoms with Gasteiger partial charge in [0.05, 0.1) is 22.3 Å². The first kappa shape index (κ1) is 19.3. The first-order valence-corrected chi connectivity index (χ1v) is 9.84. The number of fused-ring (bicyclic) bond motifs is 3. The van der Waals surface area contributed by atoms with Crippen molar-refractivity contribution in [3.05, 3.63) is 77.6 Å². The molecule has 0 saturated heterocycles. The van der Waals surface area contributed by atoms with E-state index in [2.05, 4.69) is 15.3 Å². The van der Waals surface area contributed by atoms with E-state index in [4.69, 9.17) is 0 Å². The molecule has 156 valence electrons. The lowest BCUT2D eigenvalue weighted by Crippen LogP contribution is -2.13. The Kier molecular flexibility index (Phi) is 4.50. The first-order valence-electron chi connectivity index (χ1n) is 9.84. The van der Waals surface area contributed by atoms with E-state index in [-0.39, 0.29) is 23.0 Å². The van der Waals surface area contributed by atoms with Crippen LogP contribution in [-0.4, -0.2) is 20.4 Å². The highest BCUT2D eigenvalue weighted by Gasteiger charge is 2.35. The van der Waals surface area contributed by atoms with Crippen molar-refractivity contribution in [2.45, 2.75) is 25.6 Å². The molecule has 3 heterocycles. The van der Waals surface area contributed by atoms with Crippen LogP contribution in [0.3, 0.4) is 0 Å². The third-order valence-electron chi connectivity index (χ3n) is 5.36. The zero-order chi connectivity index (χ0) is 21.6. The molecule has 0 unspecified atom stereocenters. The molecule has 0 radical (unpaired) electrons. The minimum Gasteiger partial charge on any atom is -0.328 e. The Bertz CT molecular complexity index is 1300. The number of nitrogens with one attached hydrogen (secondary N) is 1. The van der Waals surface area contributed by atoms with Crippen molar-refractivity contribution in [1.29, 1.82) is 0 Å². The molecular weight excluding hydrogens is 405 g/mol. The molecule has 0 aliphatic carbocycles. The van der Waals surface area contributed by atoms with Crippen LogP contribution < -0.4 is 5.32 Å². The number of aryl methyl sites for hydroxylation is 2. The SMILES string of the molecule is O=C(Nc1cccc(-c2cc3nc4n(c3cc2C(F)(F)F)CCC4)n1)c1ccccc1. The summed E-state index contributed by atoms with van der Waals surface area (Å²) in [6.07, 6.45) is -2.92. The number of pyridine rings is 1. The van der Waals surface area contributed by atoms with Crippen molar-refractivity contribution >= 4 is 22.8 Å². The number of rotatable bonds is 3. The Morgan fingerprint density at radius 1 is 1.00 bits per heavy atom. The van der Waals surface area contributed by atoms with Crippen LogP contribution in [0.25, 0.3) is 22.3 Å². The number of carbonyl (C=O) groups is 1. The van der Waals surface area contributed by atoms with Gasteiger partial charge < -0.3 is 9.88 Å². The quantitative estimate of drug-likeness (QED) is 0.486. The van der Waals surface area contributed by atoms with Gasteiger partial charge in [0.1, 0.15) is 11.6 Å². The van der Waals surface area contributed by atoms with E-state index < -0.39 is 11.7 Å². The van der Waals surface area contributed by atoms with Crippen LogP contribution in [-0.2, 0) is 19.1 Å². The number of hydrogen-bond donors (Lipinski definition) is 1. The van der Waals surface area contributed by atoms with Gasteiger partial charge in [-0.25, -0.2) is 9.97 Å². The normalized spacial score (nSPS) is 13.4. The third kappa shape index (κ3) is 3.54. The van der Waals surface area contributed by atoms with Crippen molar-refractivity contribution in [3.8, 4) is 11.3 Å². The summed E-state index contributed by atoms with van der Waals surface area (Å²) < 4.78 is 43.6. The standard InChI is InChI=1S/C23H17F3N4O/c24-23(25,26)16-13-19-18(28-21-10-5-11-30(19)21)12-15(16)17-8-4-9-20(27-17)29-22(31)14-6-2-1-3-7-14/h1-4,6-9,12-13H,5,10-11H2,(H,27,29,31). The van der Waals surface area contributed by atoms with E-state index in [0.29, 0.717) is 23.1 Å². The van der Waals surface area contributed by atoms with Gasteiger partial charge in [0.15, 0.2) is 0 Å². The maximum absolute atomic E-state index is 13.9. The van der Waals surface area contributed by atoms with Gasteiger partial charge in [-0.05, 0) is 42.8 Å². The second-order valence-electron chi connectivity index (χ2n) is 7.40. The summed E-state index contributed by atoms with van der Waals surface area (Å²) in [6.45, 7) is 0.668. The average molecular weight is 422 g/mol. The lowest BCUT2D eigenvalue weighted by atomic mass is 10.0. The molecule has 31 heavy (non-hydrogen) atoms. The molecule has 2 aromatic heterocycles. The minimum atomic E-state index is -4.56. The molecule has 5 nitrogen and oxygen atoms in total. The fourth-order valence-electron chi connectivity index (χ4n) is 3.94. The van der Waals surface area contributed by atoms with Crippen LogP contribution in [0, 0.1) is 0 Å². The molecule has 1 amide bonds. The zero-order valence-electron chi connectivity index (χ0n) is 16.3. The summed E-state index contributed by atoms with van der Waals surface area (Å²) in [4.78, 5) is 21.2. The Balaban J connectivity index is 1.57. The van der Waals surface area contributed by atoms with Gasteiger partial charge in [-0.3, -0.25) is 4.79 Å². The molecule has 1 aliphatic rings. The number of carbonyl (C=O) groups excluding carboxylic acids is 1. The predicted octanol–water partition coefficient (Wildman–Crippen LogP) is 5.32. The summed E-state index contributed by atoms with van der Waals surface area (Å²) in [5.74, 6) is 0.589. The smallest absolute Gasteiger partial charge is 0.328 e. The molecule has 2 aromatic carbocycles. The molecule has 5 rings (SSSR count). The topological polar surface area (TPSA) is 59.8 Å². The van der Waals surface area contributed by atoms with Crippen LogP contribution in [0.1, 0.15) is 28.2 Å². The maximum atomic E-state index is 13.9. The van der Waals surface area contributed by atoms with Crippen LogP contribution >= 0.6 is 0 Å². The zero-order valence-corrected chi connectivity index (χ0v) is 16.3. The van der Waals surface area contributed by atoms with Crippen LogP contribution in [0.5, 0.6) is 0 Å². The van der Waals surface area contributed by atoms with E-state index in [1.165, 1.54) is 12.1 Å². The van der Waals surface area contributed by atoms with E-state index in [1.807, 2.05) is 4.57 Å². The first-order chi connectivity index (χ1) is 14.9. The van der Waals surface area contributed by atoms with Crippen molar-refractivity contribution in [2.24, 2.45) is 0 Å². The fourth-order valence-corrected chi connectivity index (χ4v) is 3.94. The monoisotopic (exact) mass is 422 g/mol. The number of amides is 1. The third-order valence-corrected chi connectivity index (χ3v) is 5.36. The van der Waals surface area contributed by atoms with Crippen LogP contribution in [0.15, 0.2) is 60.7 Å². The Morgan fingerprint density at radius 3 is 2.58 bits per heavy atom. The van der Waals surface area contributed by atoms with Gasteiger partial charge in [-0.2, -0.15) is 13.2 Å². The summed E-state index contributed by atoms with van der Waals surface area (Å²) >= 11 is 0. The van der Waals surface area contributed by atoms with E-state index in [9.17, 15) is 18.0 Å². The molecule has 1 aliphatic heterocycles. The molecule has 1 N–H and O–H groups in total. The number of halogens is 3. The number of anilines is 1. The molecule has 0 bridgehead atoms. The van der Waals surface area contributed by atoms with Gasteiger partial charge in [0.25, 0.3) is 5.91 Å². The van der Waals surface area contributed by atoms with Gasteiger partial charge in [-0.1, -0.05) is 24.3 Å². The highest BCUT2D eigenvalue weighted by atomic mass is 19.4. The number of alkyl halides is 3. The molecule has 8 heteroatoms. The average Bonchev–Trinajstić information content (AvgIpc) is 3.34. The number of aromatic nitrogens is 3. The van der Waals surface area contributed by atoms with E-state index >= 15 is 0 Å². The highest BCUT2D eigenvalue weighted by molar-refractivity contribution is 6.03. The van der Waals surface area contributed by atoms with Gasteiger partial charge in [0.2, 0.25) is 0 Å². The summed E-state index contributed by atoms with van der Waals surface area (Å²) in [7, 11) is 0. The lowest BCUT2D eigenvalue weighted by Gasteiger charge is -2.14. The molecular formula is C23H17F3N4O. The van der Waals surface area contributed by atoms with Crippen LogP contribution in [0.4, 0.5) is 19.0 Å². The molecule has 0 saturated carbocycles. The largest absolute Gasteiger partial charge is 0.417 e. The number of benzene rings is 2.